The number of hydrogen-bond acceptors (Lipinski definition) is 2. The quantitative estimate of drug-likeness (QED) is 0.530. The zero-order valence-corrected chi connectivity index (χ0v) is 12.1. The summed E-state index contributed by atoms with van der Waals surface area (Å²) in [5.74, 6) is 0.560. The summed E-state index contributed by atoms with van der Waals surface area (Å²) in [6.07, 6.45) is 1.36. The molecule has 0 bridgehead atoms. The number of hydrogen-bond donors (Lipinski definition) is 0. The van der Waals surface area contributed by atoms with E-state index < -0.39 is 0 Å². The average Bonchev–Trinajstić information content (AvgIpc) is 2.18. The van der Waals surface area contributed by atoms with Gasteiger partial charge in [0.2, 0.25) is 0 Å². The Balaban J connectivity index is 3.95. The highest BCUT2D eigenvalue weighted by molar-refractivity contribution is 14.1. The lowest BCUT2D eigenvalue weighted by molar-refractivity contribution is -0.0733. The Morgan fingerprint density at radius 3 is 2.29 bits per heavy atom. The highest BCUT2D eigenvalue weighted by atomic mass is 127. The molecule has 14 heavy (non-hydrogen) atoms. The van der Waals surface area contributed by atoms with Gasteiger partial charge in [-0.3, -0.25) is 0 Å². The van der Waals surface area contributed by atoms with Crippen molar-refractivity contribution < 1.29 is 9.47 Å². The maximum atomic E-state index is 5.82. The van der Waals surface area contributed by atoms with Gasteiger partial charge in [0.15, 0.2) is 0 Å². The SMILES string of the molecule is CCC(C)C(COC(C)(C)CI)OC. The van der Waals surface area contributed by atoms with Gasteiger partial charge < -0.3 is 9.47 Å². The molecule has 0 radical (unpaired) electrons. The lowest BCUT2D eigenvalue weighted by Gasteiger charge is -2.28. The molecule has 0 aromatic heterocycles. The third kappa shape index (κ3) is 5.51. The molecule has 0 aromatic carbocycles. The van der Waals surface area contributed by atoms with Crippen molar-refractivity contribution >= 4 is 22.6 Å². The number of methoxy groups -OCH3 is 1. The van der Waals surface area contributed by atoms with E-state index in [4.69, 9.17) is 9.47 Å². The third-order valence-corrected chi connectivity index (χ3v) is 4.38. The molecule has 0 fully saturated rings. The Bertz CT molecular complexity index is 148. The van der Waals surface area contributed by atoms with Gasteiger partial charge in [-0.05, 0) is 19.8 Å². The first-order chi connectivity index (χ1) is 6.46. The molecule has 0 aromatic rings. The molecule has 0 amide bonds. The van der Waals surface area contributed by atoms with Gasteiger partial charge in [-0.15, -0.1) is 0 Å². The summed E-state index contributed by atoms with van der Waals surface area (Å²) in [5.41, 5.74) is -0.0369. The van der Waals surface area contributed by atoms with Gasteiger partial charge in [0.25, 0.3) is 0 Å². The average molecular weight is 314 g/mol. The largest absolute Gasteiger partial charge is 0.379 e. The highest BCUT2D eigenvalue weighted by Crippen LogP contribution is 2.17. The van der Waals surface area contributed by atoms with Crippen LogP contribution < -0.4 is 0 Å². The van der Waals surface area contributed by atoms with Crippen LogP contribution in [0.1, 0.15) is 34.1 Å². The zero-order chi connectivity index (χ0) is 11.2. The molecule has 0 spiro atoms. The smallest absolute Gasteiger partial charge is 0.0830 e. The first-order valence-electron chi connectivity index (χ1n) is 5.19. The van der Waals surface area contributed by atoms with Crippen LogP contribution in [0.25, 0.3) is 0 Å². The first kappa shape index (κ1) is 14.6. The monoisotopic (exact) mass is 314 g/mol. The Kier molecular flexibility index (Phi) is 7.34. The fourth-order valence-corrected chi connectivity index (χ4v) is 1.29. The van der Waals surface area contributed by atoms with Gasteiger partial charge in [-0.1, -0.05) is 42.9 Å². The fraction of sp³-hybridized carbons (Fsp3) is 1.00. The third-order valence-electron chi connectivity index (χ3n) is 2.54. The predicted molar refractivity (Wildman–Crippen MR) is 69.2 cm³/mol. The summed E-state index contributed by atoms with van der Waals surface area (Å²) in [5, 5.41) is 0. The molecule has 0 heterocycles. The van der Waals surface area contributed by atoms with Crippen LogP contribution in [0.15, 0.2) is 0 Å². The Hall–Kier alpha value is 0.650. The van der Waals surface area contributed by atoms with Crippen LogP contribution in [-0.4, -0.2) is 29.8 Å². The Morgan fingerprint density at radius 1 is 1.36 bits per heavy atom. The molecular formula is C11H23IO2. The van der Waals surface area contributed by atoms with Gasteiger partial charge in [0.05, 0.1) is 18.3 Å². The van der Waals surface area contributed by atoms with Crippen molar-refractivity contribution in [3.8, 4) is 0 Å². The van der Waals surface area contributed by atoms with Crippen molar-refractivity contribution in [1.29, 1.82) is 0 Å². The minimum absolute atomic E-state index is 0.0369. The van der Waals surface area contributed by atoms with E-state index in [-0.39, 0.29) is 11.7 Å². The van der Waals surface area contributed by atoms with Crippen molar-refractivity contribution in [2.45, 2.75) is 45.8 Å². The molecular weight excluding hydrogens is 291 g/mol. The summed E-state index contributed by atoms with van der Waals surface area (Å²) >= 11 is 2.35. The second kappa shape index (κ2) is 7.01. The summed E-state index contributed by atoms with van der Waals surface area (Å²) < 4.78 is 12.2. The van der Waals surface area contributed by atoms with E-state index in [0.29, 0.717) is 12.5 Å². The molecule has 0 rings (SSSR count). The summed E-state index contributed by atoms with van der Waals surface area (Å²) in [6, 6.07) is 0. The van der Waals surface area contributed by atoms with Gasteiger partial charge in [0.1, 0.15) is 0 Å². The normalized spacial score (nSPS) is 16.7. The van der Waals surface area contributed by atoms with Crippen molar-refractivity contribution in [3.63, 3.8) is 0 Å². The summed E-state index contributed by atoms with van der Waals surface area (Å²) in [7, 11) is 1.76. The highest BCUT2D eigenvalue weighted by Gasteiger charge is 2.21. The standard InChI is InChI=1S/C11H23IO2/c1-6-9(2)10(13-5)7-14-11(3,4)8-12/h9-10H,6-8H2,1-5H3. The Labute approximate surface area is 102 Å². The van der Waals surface area contributed by atoms with Crippen molar-refractivity contribution in [2.24, 2.45) is 5.92 Å². The Morgan fingerprint density at radius 2 is 1.93 bits per heavy atom. The van der Waals surface area contributed by atoms with E-state index in [0.717, 1.165) is 10.8 Å². The van der Waals surface area contributed by atoms with Gasteiger partial charge in [-0.2, -0.15) is 0 Å². The van der Waals surface area contributed by atoms with Crippen LogP contribution in [-0.2, 0) is 9.47 Å². The number of ether oxygens (including phenoxy) is 2. The summed E-state index contributed by atoms with van der Waals surface area (Å²) in [6.45, 7) is 9.31. The second-order valence-corrected chi connectivity index (χ2v) is 5.13. The van der Waals surface area contributed by atoms with Crippen LogP contribution in [0.2, 0.25) is 0 Å². The predicted octanol–water partition coefficient (Wildman–Crippen LogP) is 3.28. The van der Waals surface area contributed by atoms with Crippen molar-refractivity contribution in [2.75, 3.05) is 18.1 Å². The van der Waals surface area contributed by atoms with Crippen LogP contribution in [0.4, 0.5) is 0 Å². The zero-order valence-electron chi connectivity index (χ0n) is 9.97. The molecule has 0 saturated carbocycles. The topological polar surface area (TPSA) is 18.5 Å². The molecule has 0 N–H and O–H groups in total. The minimum atomic E-state index is -0.0369. The van der Waals surface area contributed by atoms with Crippen LogP contribution in [0.5, 0.6) is 0 Å². The van der Waals surface area contributed by atoms with E-state index in [2.05, 4.69) is 50.3 Å². The maximum Gasteiger partial charge on any atom is 0.0830 e. The van der Waals surface area contributed by atoms with E-state index >= 15 is 0 Å². The molecule has 0 saturated heterocycles. The van der Waals surface area contributed by atoms with E-state index in [1.54, 1.807) is 7.11 Å². The lowest BCUT2D eigenvalue weighted by Crippen LogP contribution is -2.34. The number of halogens is 1. The second-order valence-electron chi connectivity index (χ2n) is 4.36. The molecule has 2 unspecified atom stereocenters. The molecule has 86 valence electrons. The van der Waals surface area contributed by atoms with Crippen molar-refractivity contribution in [3.05, 3.63) is 0 Å². The fourth-order valence-electron chi connectivity index (χ4n) is 1.07. The molecule has 0 aliphatic rings. The molecule has 0 aliphatic heterocycles. The van der Waals surface area contributed by atoms with Crippen LogP contribution >= 0.6 is 22.6 Å². The number of rotatable bonds is 7. The maximum absolute atomic E-state index is 5.82. The summed E-state index contributed by atoms with van der Waals surface area (Å²) in [4.78, 5) is 0. The molecule has 0 aliphatic carbocycles. The molecule has 2 nitrogen and oxygen atoms in total. The van der Waals surface area contributed by atoms with Crippen molar-refractivity contribution in [1.82, 2.24) is 0 Å². The van der Waals surface area contributed by atoms with Gasteiger partial charge in [-0.25, -0.2) is 0 Å². The lowest BCUT2D eigenvalue weighted by atomic mass is 10.0. The molecule has 3 heteroatoms. The van der Waals surface area contributed by atoms with Crippen LogP contribution in [0.3, 0.4) is 0 Å². The van der Waals surface area contributed by atoms with E-state index in [9.17, 15) is 0 Å². The van der Waals surface area contributed by atoms with Gasteiger partial charge in [0, 0.05) is 11.5 Å². The first-order valence-corrected chi connectivity index (χ1v) is 6.72. The van der Waals surface area contributed by atoms with Gasteiger partial charge >= 0.3 is 0 Å². The van der Waals surface area contributed by atoms with E-state index in [1.165, 1.54) is 0 Å². The number of alkyl halides is 1. The van der Waals surface area contributed by atoms with Crippen LogP contribution in [0, 0.1) is 5.92 Å². The minimum Gasteiger partial charge on any atom is -0.379 e. The van der Waals surface area contributed by atoms with E-state index in [1.807, 2.05) is 0 Å². The molecule has 2 atom stereocenters.